The highest BCUT2D eigenvalue weighted by molar-refractivity contribution is 6.18. The average molecular weight is 1270 g/mol. The summed E-state index contributed by atoms with van der Waals surface area (Å²) in [7, 11) is 0. The summed E-state index contributed by atoms with van der Waals surface area (Å²) in [6.45, 7) is 0. The summed E-state index contributed by atoms with van der Waals surface area (Å²) < 4.78 is 9.53. The molecule has 0 fully saturated rings. The molecule has 19 aromatic rings. The van der Waals surface area contributed by atoms with Crippen LogP contribution in [0.3, 0.4) is 0 Å². The van der Waals surface area contributed by atoms with Crippen molar-refractivity contribution in [3.8, 4) is 57.1 Å². The van der Waals surface area contributed by atoms with E-state index in [0.29, 0.717) is 11.4 Å². The molecule has 100 heavy (non-hydrogen) atoms. The molecule has 0 unspecified atom stereocenters. The molecule has 2 aliphatic carbocycles. The lowest BCUT2D eigenvalue weighted by Crippen LogP contribution is -2.28. The number of nitrogens with zero attached hydrogens (tertiary/aromatic N) is 6. The Balaban J connectivity index is 0.993. The smallest absolute Gasteiger partial charge is 0.103 e. The Hall–Kier alpha value is -13.5. The van der Waals surface area contributed by atoms with E-state index in [4.69, 9.17) is 0 Å². The number of para-hydroxylation sites is 6. The minimum Gasteiger partial charge on any atom is -0.306 e. The molecule has 0 amide bonds. The van der Waals surface area contributed by atoms with Crippen LogP contribution in [-0.4, -0.2) is 18.3 Å². The molecule has 0 aliphatic heterocycles. The van der Waals surface area contributed by atoms with Crippen LogP contribution in [0, 0.1) is 22.7 Å². The van der Waals surface area contributed by atoms with E-state index in [1.165, 1.54) is 44.5 Å². The van der Waals surface area contributed by atoms with Gasteiger partial charge in [-0.15, -0.1) is 0 Å². The Morgan fingerprint density at radius 1 is 0.200 bits per heavy atom. The zero-order valence-corrected chi connectivity index (χ0v) is 54.0. The quantitative estimate of drug-likeness (QED) is 0.152. The molecule has 0 spiro atoms. The minimum absolute atomic E-state index is 0.245. The second-order valence-electron chi connectivity index (χ2n) is 26.7. The summed E-state index contributed by atoms with van der Waals surface area (Å²) in [5.41, 5.74) is 23.1. The van der Waals surface area contributed by atoms with Crippen molar-refractivity contribution in [1.82, 2.24) is 18.3 Å². The second-order valence-corrected chi connectivity index (χ2v) is 26.7. The molecule has 0 N–H and O–H groups in total. The standard InChI is InChI=1S/C94H56N6/c95-57-75-76(58-96)90(100-86-52-28-20-44-70(86)74-54-80-72(56-88(74)100)64-38-14-22-46-78(64)94(80,61-33-9-3-10-34-61)62-35-11-4-12-36-62)92(98-83-49-25-17-41-67(83)68-42-18-26-50-84(68)98)91(97-81-47-23-15-39-65(81)66-40-16-24-48-82(66)97)89(75)99-85-51-27-19-43-69(85)73-53-79-71(55-87(73)99)63-37-13-21-45-77(63)93(79,59-29-5-1-6-30-59)60-31-7-2-8-32-60/h1-56H. The zero-order chi connectivity index (χ0) is 66.0. The first-order valence-electron chi connectivity index (χ1n) is 34.2. The molecule has 0 saturated heterocycles. The van der Waals surface area contributed by atoms with Crippen molar-refractivity contribution in [2.45, 2.75) is 10.8 Å². The first kappa shape index (κ1) is 55.7. The van der Waals surface area contributed by atoms with Gasteiger partial charge in [0.15, 0.2) is 0 Å². The maximum absolute atomic E-state index is 13.0. The van der Waals surface area contributed by atoms with Crippen molar-refractivity contribution >= 4 is 87.2 Å². The maximum atomic E-state index is 13.0. The molecule has 21 rings (SSSR count). The molecule has 0 saturated carbocycles. The molecule has 15 aromatic carbocycles. The molecular weight excluding hydrogens is 1210 g/mol. The number of aromatic nitrogens is 4. The van der Waals surface area contributed by atoms with Crippen LogP contribution in [0.25, 0.3) is 132 Å². The van der Waals surface area contributed by atoms with Gasteiger partial charge in [0, 0.05) is 43.1 Å². The Morgan fingerprint density at radius 3 is 0.730 bits per heavy atom. The Bertz CT molecular complexity index is 6190. The van der Waals surface area contributed by atoms with Crippen molar-refractivity contribution < 1.29 is 0 Å². The molecule has 462 valence electrons. The van der Waals surface area contributed by atoms with Gasteiger partial charge in [0.2, 0.25) is 0 Å². The van der Waals surface area contributed by atoms with E-state index in [1.807, 2.05) is 0 Å². The fourth-order valence-corrected chi connectivity index (χ4v) is 18.4. The van der Waals surface area contributed by atoms with E-state index in [-0.39, 0.29) is 11.1 Å². The predicted octanol–water partition coefficient (Wildman–Crippen LogP) is 22.5. The fourth-order valence-electron chi connectivity index (χ4n) is 18.4. The molecule has 6 nitrogen and oxygen atoms in total. The van der Waals surface area contributed by atoms with Crippen LogP contribution in [0.2, 0.25) is 0 Å². The van der Waals surface area contributed by atoms with E-state index in [9.17, 15) is 10.5 Å². The Labute approximate surface area is 575 Å². The van der Waals surface area contributed by atoms with E-state index in [1.54, 1.807) is 0 Å². The number of fused-ring (bicyclic) bond motifs is 18. The summed E-state index contributed by atoms with van der Waals surface area (Å²) in [5.74, 6) is 0. The highest BCUT2D eigenvalue weighted by Gasteiger charge is 2.49. The zero-order valence-electron chi connectivity index (χ0n) is 54.0. The molecule has 0 radical (unpaired) electrons. The van der Waals surface area contributed by atoms with Gasteiger partial charge >= 0.3 is 0 Å². The van der Waals surface area contributed by atoms with Crippen LogP contribution in [0.5, 0.6) is 0 Å². The third-order valence-corrected chi connectivity index (χ3v) is 22.2. The Kier molecular flexibility index (Phi) is 11.7. The van der Waals surface area contributed by atoms with E-state index in [2.05, 4.69) is 370 Å². The first-order chi connectivity index (χ1) is 49.6. The van der Waals surface area contributed by atoms with Crippen LogP contribution in [0.4, 0.5) is 0 Å². The van der Waals surface area contributed by atoms with Gasteiger partial charge in [0.1, 0.15) is 12.1 Å². The SMILES string of the molecule is N#Cc1c(C#N)c(-n2c3ccccc3c3cc4c(cc32)-c2ccccc2C4(c2ccccc2)c2ccccc2)c(-n2c3ccccc3c3ccccc32)c(-n2c3ccccc3c3ccccc32)c1-n1c2ccccc2c2cc3c(cc21)-c1ccccc1C3(c1ccccc1)c1ccccc1. The average Bonchev–Trinajstić information content (AvgIpc) is 1.50. The van der Waals surface area contributed by atoms with Crippen LogP contribution in [0.1, 0.15) is 55.6 Å². The van der Waals surface area contributed by atoms with Gasteiger partial charge in [-0.05, 0) is 127 Å². The molecule has 0 atom stereocenters. The molecule has 0 bridgehead atoms. The highest BCUT2D eigenvalue weighted by Crippen LogP contribution is 2.61. The summed E-state index contributed by atoms with van der Waals surface area (Å²) in [5, 5.41) is 34.3. The van der Waals surface area contributed by atoms with E-state index >= 15 is 0 Å². The molecule has 6 heteroatoms. The van der Waals surface area contributed by atoms with Gasteiger partial charge in [0.25, 0.3) is 0 Å². The van der Waals surface area contributed by atoms with Gasteiger partial charge in [-0.3, -0.25) is 0 Å². The molecule has 4 aromatic heterocycles. The summed E-state index contributed by atoms with van der Waals surface area (Å²) in [4.78, 5) is 0. The lowest BCUT2D eigenvalue weighted by Gasteiger charge is -2.34. The van der Waals surface area contributed by atoms with Crippen molar-refractivity contribution in [1.29, 1.82) is 10.5 Å². The summed E-state index contributed by atoms with van der Waals surface area (Å²) in [6, 6.07) is 129. The van der Waals surface area contributed by atoms with Crippen molar-refractivity contribution in [2.24, 2.45) is 0 Å². The van der Waals surface area contributed by atoms with Gasteiger partial charge in [-0.25, -0.2) is 0 Å². The van der Waals surface area contributed by atoms with E-state index in [0.717, 1.165) is 121 Å². The third kappa shape index (κ3) is 7.17. The number of benzene rings is 15. The summed E-state index contributed by atoms with van der Waals surface area (Å²) >= 11 is 0. The first-order valence-corrected chi connectivity index (χ1v) is 34.2. The molecular formula is C94H56N6. The van der Waals surface area contributed by atoms with Crippen molar-refractivity contribution in [3.63, 3.8) is 0 Å². The maximum Gasteiger partial charge on any atom is 0.103 e. The van der Waals surface area contributed by atoms with Gasteiger partial charge in [-0.1, -0.05) is 279 Å². The monoisotopic (exact) mass is 1270 g/mol. The lowest BCUT2D eigenvalue weighted by molar-refractivity contribution is 0.769. The third-order valence-electron chi connectivity index (χ3n) is 22.2. The number of hydrogen-bond acceptors (Lipinski definition) is 2. The van der Waals surface area contributed by atoms with Crippen LogP contribution >= 0.6 is 0 Å². The fraction of sp³-hybridized carbons (Fsp3) is 0.0213. The van der Waals surface area contributed by atoms with Gasteiger partial charge in [0.05, 0.1) is 88.8 Å². The van der Waals surface area contributed by atoms with E-state index < -0.39 is 10.8 Å². The largest absolute Gasteiger partial charge is 0.306 e. The van der Waals surface area contributed by atoms with Crippen molar-refractivity contribution in [3.05, 3.63) is 395 Å². The minimum atomic E-state index is -0.688. The summed E-state index contributed by atoms with van der Waals surface area (Å²) in [6.07, 6.45) is 0. The van der Waals surface area contributed by atoms with Gasteiger partial charge < -0.3 is 18.3 Å². The highest BCUT2D eigenvalue weighted by atomic mass is 15.1. The Morgan fingerprint density at radius 2 is 0.440 bits per heavy atom. The predicted molar refractivity (Wildman–Crippen MR) is 408 cm³/mol. The van der Waals surface area contributed by atoms with Crippen molar-refractivity contribution in [2.75, 3.05) is 0 Å². The van der Waals surface area contributed by atoms with Crippen LogP contribution < -0.4 is 0 Å². The number of nitriles is 2. The normalized spacial score (nSPS) is 13.3. The van der Waals surface area contributed by atoms with Crippen LogP contribution in [-0.2, 0) is 10.8 Å². The topological polar surface area (TPSA) is 67.3 Å². The molecule has 4 heterocycles. The lowest BCUT2D eigenvalue weighted by atomic mass is 9.67. The number of rotatable bonds is 8. The second kappa shape index (κ2) is 21.0. The van der Waals surface area contributed by atoms with Gasteiger partial charge in [-0.2, -0.15) is 10.5 Å². The van der Waals surface area contributed by atoms with Crippen LogP contribution in [0.15, 0.2) is 340 Å². The molecule has 2 aliphatic rings. The number of hydrogen-bond donors (Lipinski definition) is 0.